The van der Waals surface area contributed by atoms with Gasteiger partial charge in [0.15, 0.2) is 0 Å². The molecule has 1 saturated heterocycles. The number of hydrogen-bond acceptors (Lipinski definition) is 4. The van der Waals surface area contributed by atoms with E-state index in [4.69, 9.17) is 15.2 Å². The largest absolute Gasteiger partial charge is 0.385 e. The molecule has 0 unspecified atom stereocenters. The summed E-state index contributed by atoms with van der Waals surface area (Å²) >= 11 is 0. The molecule has 0 bridgehead atoms. The fourth-order valence-electron chi connectivity index (χ4n) is 1.48. The van der Waals surface area contributed by atoms with E-state index in [9.17, 15) is 0 Å². The molecule has 0 amide bonds. The van der Waals surface area contributed by atoms with Crippen molar-refractivity contribution in [2.24, 2.45) is 5.73 Å². The standard InChI is InChI=1S/C9H20N2O2/c1-12-5-2-9(10)8-11-3-6-13-7-4-11/h9H,2-8,10H2,1H3/t9-/m0/s1. The first kappa shape index (κ1) is 10.9. The minimum atomic E-state index is 0.234. The van der Waals surface area contributed by atoms with Crippen LogP contribution in [0.4, 0.5) is 0 Å². The minimum Gasteiger partial charge on any atom is -0.385 e. The highest BCUT2D eigenvalue weighted by molar-refractivity contribution is 4.70. The topological polar surface area (TPSA) is 47.7 Å². The van der Waals surface area contributed by atoms with E-state index in [1.54, 1.807) is 7.11 Å². The SMILES string of the molecule is COCC[C@H](N)CN1CCOCC1. The molecule has 0 aromatic carbocycles. The maximum atomic E-state index is 5.93. The summed E-state index contributed by atoms with van der Waals surface area (Å²) in [5, 5.41) is 0. The van der Waals surface area contributed by atoms with Gasteiger partial charge >= 0.3 is 0 Å². The van der Waals surface area contributed by atoms with Crippen LogP contribution in [0.1, 0.15) is 6.42 Å². The van der Waals surface area contributed by atoms with Gasteiger partial charge in [-0.25, -0.2) is 0 Å². The fraction of sp³-hybridized carbons (Fsp3) is 1.00. The molecule has 4 heteroatoms. The number of ether oxygens (including phenoxy) is 2. The molecule has 13 heavy (non-hydrogen) atoms. The van der Waals surface area contributed by atoms with E-state index in [1.165, 1.54) is 0 Å². The van der Waals surface area contributed by atoms with Crippen LogP contribution in [0.2, 0.25) is 0 Å². The lowest BCUT2D eigenvalue weighted by atomic mass is 10.2. The van der Waals surface area contributed by atoms with Crippen LogP contribution in [0, 0.1) is 0 Å². The van der Waals surface area contributed by atoms with Gasteiger partial charge in [0.05, 0.1) is 13.2 Å². The first-order valence-electron chi connectivity index (χ1n) is 4.87. The second kappa shape index (κ2) is 6.32. The van der Waals surface area contributed by atoms with Crippen LogP contribution in [0.25, 0.3) is 0 Å². The smallest absolute Gasteiger partial charge is 0.0594 e. The van der Waals surface area contributed by atoms with Gasteiger partial charge in [-0.15, -0.1) is 0 Å². The lowest BCUT2D eigenvalue weighted by Gasteiger charge is -2.28. The molecule has 1 atom stereocenters. The number of morpholine rings is 1. The van der Waals surface area contributed by atoms with Crippen LogP contribution in [0.5, 0.6) is 0 Å². The highest BCUT2D eigenvalue weighted by Gasteiger charge is 2.13. The van der Waals surface area contributed by atoms with Crippen molar-refractivity contribution in [3.63, 3.8) is 0 Å². The molecule has 1 aliphatic rings. The highest BCUT2D eigenvalue weighted by atomic mass is 16.5. The summed E-state index contributed by atoms with van der Waals surface area (Å²) in [5.41, 5.74) is 5.93. The molecule has 1 heterocycles. The van der Waals surface area contributed by atoms with Gasteiger partial charge in [-0.05, 0) is 6.42 Å². The Balaban J connectivity index is 2.07. The maximum absolute atomic E-state index is 5.93. The van der Waals surface area contributed by atoms with Gasteiger partial charge in [0.25, 0.3) is 0 Å². The number of hydrogen-bond donors (Lipinski definition) is 1. The highest BCUT2D eigenvalue weighted by Crippen LogP contribution is 1.99. The van der Waals surface area contributed by atoms with Gasteiger partial charge in [0.1, 0.15) is 0 Å². The van der Waals surface area contributed by atoms with Gasteiger partial charge < -0.3 is 15.2 Å². The first-order chi connectivity index (χ1) is 6.33. The van der Waals surface area contributed by atoms with Crippen LogP contribution in [-0.2, 0) is 9.47 Å². The fourth-order valence-corrected chi connectivity index (χ4v) is 1.48. The van der Waals surface area contributed by atoms with E-state index in [2.05, 4.69) is 4.90 Å². The van der Waals surface area contributed by atoms with Crippen LogP contribution in [-0.4, -0.2) is 57.5 Å². The van der Waals surface area contributed by atoms with Crippen LogP contribution in [0.15, 0.2) is 0 Å². The summed E-state index contributed by atoms with van der Waals surface area (Å²) in [6, 6.07) is 0.234. The van der Waals surface area contributed by atoms with Crippen molar-refractivity contribution >= 4 is 0 Å². The Morgan fingerprint density at radius 2 is 2.15 bits per heavy atom. The maximum Gasteiger partial charge on any atom is 0.0594 e. The normalized spacial score (nSPS) is 21.7. The Hall–Kier alpha value is -0.160. The van der Waals surface area contributed by atoms with Gasteiger partial charge in [0.2, 0.25) is 0 Å². The van der Waals surface area contributed by atoms with Gasteiger partial charge in [-0.3, -0.25) is 4.90 Å². The third-order valence-corrected chi connectivity index (χ3v) is 2.29. The molecule has 0 aliphatic carbocycles. The second-order valence-electron chi connectivity index (χ2n) is 3.45. The molecular formula is C9H20N2O2. The van der Waals surface area contributed by atoms with E-state index in [0.29, 0.717) is 0 Å². The van der Waals surface area contributed by atoms with E-state index >= 15 is 0 Å². The molecule has 0 aromatic heterocycles. The van der Waals surface area contributed by atoms with Gasteiger partial charge in [-0.1, -0.05) is 0 Å². The van der Waals surface area contributed by atoms with Crippen molar-refractivity contribution in [2.75, 3.05) is 46.6 Å². The average Bonchev–Trinajstić information content (AvgIpc) is 2.16. The average molecular weight is 188 g/mol. The quantitative estimate of drug-likeness (QED) is 0.642. The third kappa shape index (κ3) is 4.57. The van der Waals surface area contributed by atoms with Gasteiger partial charge in [-0.2, -0.15) is 0 Å². The third-order valence-electron chi connectivity index (χ3n) is 2.29. The number of nitrogens with zero attached hydrogens (tertiary/aromatic N) is 1. The molecule has 0 aromatic rings. The predicted octanol–water partition coefficient (Wildman–Crippen LogP) is -0.318. The summed E-state index contributed by atoms with van der Waals surface area (Å²) in [6.45, 7) is 5.44. The zero-order valence-corrected chi connectivity index (χ0v) is 8.37. The molecule has 78 valence electrons. The van der Waals surface area contributed by atoms with Crippen LogP contribution in [0.3, 0.4) is 0 Å². The number of rotatable bonds is 5. The molecule has 0 saturated carbocycles. The van der Waals surface area contributed by atoms with E-state index in [0.717, 1.165) is 45.9 Å². The summed E-state index contributed by atoms with van der Waals surface area (Å²) in [7, 11) is 1.71. The van der Waals surface area contributed by atoms with Crippen molar-refractivity contribution < 1.29 is 9.47 Å². The molecule has 1 aliphatic heterocycles. The zero-order chi connectivity index (χ0) is 9.52. The van der Waals surface area contributed by atoms with E-state index in [1.807, 2.05) is 0 Å². The van der Waals surface area contributed by atoms with Crippen molar-refractivity contribution in [1.29, 1.82) is 0 Å². The Labute approximate surface area is 80.0 Å². The zero-order valence-electron chi connectivity index (χ0n) is 8.37. The Morgan fingerprint density at radius 1 is 1.46 bits per heavy atom. The van der Waals surface area contributed by atoms with Crippen LogP contribution < -0.4 is 5.73 Å². The molecule has 1 rings (SSSR count). The summed E-state index contributed by atoms with van der Waals surface area (Å²) in [4.78, 5) is 2.35. The van der Waals surface area contributed by atoms with E-state index in [-0.39, 0.29) is 6.04 Å². The Kier molecular flexibility index (Phi) is 5.31. The molecular weight excluding hydrogens is 168 g/mol. The Morgan fingerprint density at radius 3 is 2.77 bits per heavy atom. The molecule has 0 radical (unpaired) electrons. The monoisotopic (exact) mass is 188 g/mol. The first-order valence-corrected chi connectivity index (χ1v) is 4.87. The minimum absolute atomic E-state index is 0.234. The van der Waals surface area contributed by atoms with Crippen molar-refractivity contribution in [1.82, 2.24) is 4.90 Å². The van der Waals surface area contributed by atoms with Crippen molar-refractivity contribution in [3.8, 4) is 0 Å². The predicted molar refractivity (Wildman–Crippen MR) is 51.7 cm³/mol. The van der Waals surface area contributed by atoms with E-state index < -0.39 is 0 Å². The van der Waals surface area contributed by atoms with Gasteiger partial charge in [0, 0.05) is 39.4 Å². The summed E-state index contributed by atoms with van der Waals surface area (Å²) in [5.74, 6) is 0. The second-order valence-corrected chi connectivity index (χ2v) is 3.45. The molecule has 2 N–H and O–H groups in total. The van der Waals surface area contributed by atoms with Crippen molar-refractivity contribution in [2.45, 2.75) is 12.5 Å². The molecule has 1 fully saturated rings. The Bertz CT molecular complexity index is 127. The lowest BCUT2D eigenvalue weighted by Crippen LogP contribution is -2.44. The van der Waals surface area contributed by atoms with Crippen LogP contribution >= 0.6 is 0 Å². The number of nitrogens with two attached hydrogens (primary N) is 1. The number of methoxy groups -OCH3 is 1. The lowest BCUT2D eigenvalue weighted by molar-refractivity contribution is 0.0338. The molecule has 0 spiro atoms. The summed E-state index contributed by atoms with van der Waals surface area (Å²) in [6.07, 6.45) is 0.938. The summed E-state index contributed by atoms with van der Waals surface area (Å²) < 4.78 is 10.2. The molecule has 4 nitrogen and oxygen atoms in total. The van der Waals surface area contributed by atoms with Crippen molar-refractivity contribution in [3.05, 3.63) is 0 Å².